The van der Waals surface area contributed by atoms with Gasteiger partial charge in [0.2, 0.25) is 11.8 Å². The second kappa shape index (κ2) is 18.2. The summed E-state index contributed by atoms with van der Waals surface area (Å²) in [4.78, 5) is 79.1. The van der Waals surface area contributed by atoms with Gasteiger partial charge in [0.25, 0.3) is 11.8 Å². The first-order chi connectivity index (χ1) is 33.5. The third kappa shape index (κ3) is 8.52. The number of carbonyl (C=O) groups is 5. The maximum absolute atomic E-state index is 13.7. The van der Waals surface area contributed by atoms with Crippen molar-refractivity contribution in [3.63, 3.8) is 0 Å². The van der Waals surface area contributed by atoms with Gasteiger partial charge in [0, 0.05) is 114 Å². The van der Waals surface area contributed by atoms with Crippen LogP contribution in [-0.2, 0) is 9.59 Å². The van der Waals surface area contributed by atoms with Crippen molar-refractivity contribution >= 4 is 52.5 Å². The second-order valence-corrected chi connectivity index (χ2v) is 19.8. The number of hydrogen-bond donors (Lipinski definition) is 3. The number of rotatable bonds is 9. The first kappa shape index (κ1) is 44.5. The lowest BCUT2D eigenvalue weighted by Gasteiger charge is -2.48. The predicted molar refractivity (Wildman–Crippen MR) is 258 cm³/mol. The van der Waals surface area contributed by atoms with Crippen molar-refractivity contribution in [2.75, 3.05) is 99.0 Å². The first-order valence-electron chi connectivity index (χ1n) is 24.6. The number of ether oxygens (including phenoxy) is 1. The van der Waals surface area contributed by atoms with Crippen LogP contribution < -0.4 is 30.5 Å². The number of carbonyl (C=O) groups excluding carboxylic acids is 5. The van der Waals surface area contributed by atoms with Gasteiger partial charge in [-0.3, -0.25) is 34.3 Å². The monoisotopic (exact) mass is 937 g/mol. The van der Waals surface area contributed by atoms with E-state index in [0.717, 1.165) is 125 Å². The fourth-order valence-corrected chi connectivity index (χ4v) is 11.9. The molecule has 1 spiro atoms. The SMILES string of the molecule is Nc1nnc(-c2ccccc2O)cc1N1CC2CCC(C1)N2c1cccc(OCCN2CCN(C(=O)N3CCC4(CC3)CCN(c3ccc5c(c3)C(=O)N(C3CCC(=O)NC3=O)C5=O)CC4)CC2)c1. The summed E-state index contributed by atoms with van der Waals surface area (Å²) in [6, 6.07) is 22.6. The number of para-hydroxylation sites is 1. The highest BCUT2D eigenvalue weighted by Gasteiger charge is 2.46. The quantitative estimate of drug-likeness (QED) is 0.202. The number of hydrogen-bond acceptors (Lipinski definition) is 14. The number of piperazine rings is 2. The van der Waals surface area contributed by atoms with Gasteiger partial charge in [0.05, 0.1) is 22.5 Å². The summed E-state index contributed by atoms with van der Waals surface area (Å²) in [5.41, 5.74) is 11.2. The molecule has 6 amide bonds. The van der Waals surface area contributed by atoms with Gasteiger partial charge in [-0.15, -0.1) is 10.2 Å². The van der Waals surface area contributed by atoms with Gasteiger partial charge >= 0.3 is 6.03 Å². The summed E-state index contributed by atoms with van der Waals surface area (Å²) in [7, 11) is 0. The Morgan fingerprint density at radius 1 is 0.725 bits per heavy atom. The molecule has 3 aromatic carbocycles. The molecule has 8 heterocycles. The Hall–Kier alpha value is -6.95. The molecule has 4 aromatic rings. The number of aromatic nitrogens is 2. The molecule has 0 radical (unpaired) electrons. The Balaban J connectivity index is 0.615. The van der Waals surface area contributed by atoms with Gasteiger partial charge in [-0.25, -0.2) is 4.79 Å². The third-order valence-corrected chi connectivity index (χ3v) is 15.9. The van der Waals surface area contributed by atoms with Gasteiger partial charge in [0.1, 0.15) is 24.1 Å². The van der Waals surface area contributed by atoms with E-state index in [4.69, 9.17) is 10.5 Å². The summed E-state index contributed by atoms with van der Waals surface area (Å²) < 4.78 is 6.34. The van der Waals surface area contributed by atoms with E-state index in [2.05, 4.69) is 53.3 Å². The molecule has 3 atom stereocenters. The molecular weight excluding hydrogens is 879 g/mol. The number of fused-ring (bicyclic) bond motifs is 3. The maximum Gasteiger partial charge on any atom is 0.320 e. The van der Waals surface area contributed by atoms with Crippen LogP contribution in [-0.4, -0.2) is 161 Å². The summed E-state index contributed by atoms with van der Waals surface area (Å²) >= 11 is 0. The number of aromatic hydroxyl groups is 1. The standard InChI is InChI=1S/C51H59N11O7/c52-46-43(30-41(54-55-46)39-6-1-2-7-44(39)63)60-31-35-8-9-36(32-60)61(35)34-4-3-5-37(28-34)69-27-26-56-22-24-59(25-23-56)50(68)58-20-16-51(17-21-58)14-18-57(19-15-51)33-10-11-38-40(29-33)49(67)62(48(38)66)42-12-13-45(64)53-47(42)65/h1-7,10-11,28-30,35-36,42,63H,8-9,12-27,31-32H2,(H2,52,55)(H,53,64,65). The van der Waals surface area contributed by atoms with Crippen LogP contribution in [0.3, 0.4) is 0 Å². The number of nitrogens with zero attached hydrogens (tertiary/aromatic N) is 9. The van der Waals surface area contributed by atoms with E-state index in [9.17, 15) is 29.1 Å². The third-order valence-electron chi connectivity index (χ3n) is 15.9. The summed E-state index contributed by atoms with van der Waals surface area (Å²) in [6.07, 6.45) is 6.26. The molecule has 69 heavy (non-hydrogen) atoms. The van der Waals surface area contributed by atoms with Crippen LogP contribution in [0.15, 0.2) is 72.8 Å². The predicted octanol–water partition coefficient (Wildman–Crippen LogP) is 4.19. The van der Waals surface area contributed by atoms with Crippen LogP contribution in [0.5, 0.6) is 11.5 Å². The Morgan fingerprint density at radius 2 is 1.43 bits per heavy atom. The molecule has 7 aliphatic heterocycles. The van der Waals surface area contributed by atoms with E-state index in [1.807, 2.05) is 40.1 Å². The van der Waals surface area contributed by atoms with Crippen molar-refractivity contribution < 1.29 is 33.8 Å². The average Bonchev–Trinajstić information content (AvgIpc) is 3.78. The molecule has 18 nitrogen and oxygen atoms in total. The lowest BCUT2D eigenvalue weighted by molar-refractivity contribution is -0.136. The maximum atomic E-state index is 13.7. The topological polar surface area (TPSA) is 201 Å². The first-order valence-corrected chi connectivity index (χ1v) is 24.6. The number of imide groups is 2. The average molecular weight is 938 g/mol. The van der Waals surface area contributed by atoms with Crippen LogP contribution >= 0.6 is 0 Å². The molecule has 0 saturated carbocycles. The highest BCUT2D eigenvalue weighted by Crippen LogP contribution is 2.44. The number of phenolic OH excluding ortho intramolecular Hbond substituents is 1. The van der Waals surface area contributed by atoms with Crippen LogP contribution in [0.1, 0.15) is 72.1 Å². The smallest absolute Gasteiger partial charge is 0.320 e. The van der Waals surface area contributed by atoms with E-state index < -0.39 is 29.7 Å². The van der Waals surface area contributed by atoms with Crippen molar-refractivity contribution in [3.8, 4) is 22.8 Å². The lowest BCUT2D eigenvalue weighted by atomic mass is 9.71. The Bertz CT molecular complexity index is 2660. The van der Waals surface area contributed by atoms with Crippen molar-refractivity contribution in [1.82, 2.24) is 35.1 Å². The number of nitrogens with two attached hydrogens (primary N) is 1. The van der Waals surface area contributed by atoms with Gasteiger partial charge in [0.15, 0.2) is 5.82 Å². The normalized spacial score (nSPS) is 23.7. The molecule has 11 rings (SSSR count). The molecule has 360 valence electrons. The summed E-state index contributed by atoms with van der Waals surface area (Å²) in [6.45, 7) is 9.05. The zero-order chi connectivity index (χ0) is 47.4. The minimum Gasteiger partial charge on any atom is -0.507 e. The van der Waals surface area contributed by atoms with Crippen LogP contribution in [0.4, 0.5) is 27.7 Å². The fourth-order valence-electron chi connectivity index (χ4n) is 11.9. The minimum absolute atomic E-state index is 0.0853. The van der Waals surface area contributed by atoms with Crippen LogP contribution in [0.25, 0.3) is 11.3 Å². The number of anilines is 4. The number of amides is 6. The van der Waals surface area contributed by atoms with Gasteiger partial charge in [-0.1, -0.05) is 18.2 Å². The van der Waals surface area contributed by atoms with Gasteiger partial charge in [-0.2, -0.15) is 0 Å². The van der Waals surface area contributed by atoms with Crippen molar-refractivity contribution in [1.29, 1.82) is 0 Å². The molecule has 18 heteroatoms. The van der Waals surface area contributed by atoms with E-state index >= 15 is 0 Å². The molecule has 6 fully saturated rings. The summed E-state index contributed by atoms with van der Waals surface area (Å²) in [5, 5.41) is 21.2. The van der Waals surface area contributed by atoms with Gasteiger partial charge < -0.3 is 40.1 Å². The molecule has 6 saturated heterocycles. The molecule has 7 aliphatic rings. The van der Waals surface area contributed by atoms with Crippen molar-refractivity contribution in [2.45, 2.75) is 69.5 Å². The highest BCUT2D eigenvalue weighted by atomic mass is 16.5. The largest absolute Gasteiger partial charge is 0.507 e. The van der Waals surface area contributed by atoms with E-state index in [-0.39, 0.29) is 35.6 Å². The highest BCUT2D eigenvalue weighted by molar-refractivity contribution is 6.23. The minimum atomic E-state index is -0.984. The Morgan fingerprint density at radius 3 is 2.17 bits per heavy atom. The summed E-state index contributed by atoms with van der Waals surface area (Å²) in [5.74, 6) is -0.597. The second-order valence-electron chi connectivity index (χ2n) is 19.8. The molecule has 0 aliphatic carbocycles. The van der Waals surface area contributed by atoms with Crippen LogP contribution in [0, 0.1) is 5.41 Å². The molecule has 2 bridgehead atoms. The zero-order valence-electron chi connectivity index (χ0n) is 38.8. The van der Waals surface area contributed by atoms with Gasteiger partial charge in [-0.05, 0) is 98.9 Å². The number of likely N-dealkylation sites (tertiary alicyclic amines) is 1. The van der Waals surface area contributed by atoms with E-state index in [1.165, 1.54) is 0 Å². The van der Waals surface area contributed by atoms with E-state index in [1.54, 1.807) is 24.3 Å². The lowest BCUT2D eigenvalue weighted by Crippen LogP contribution is -2.56. The molecular formula is C51H59N11O7. The Kier molecular flexibility index (Phi) is 11.7. The molecule has 4 N–H and O–H groups in total. The van der Waals surface area contributed by atoms with Crippen LogP contribution in [0.2, 0.25) is 0 Å². The molecule has 1 aromatic heterocycles. The van der Waals surface area contributed by atoms with E-state index in [0.29, 0.717) is 54.4 Å². The number of nitrogen functional groups attached to an aromatic ring is 1. The number of urea groups is 1. The fraction of sp³-hybridized carbons (Fsp3) is 0.471. The Labute approximate surface area is 400 Å². The number of piperidine rings is 3. The number of benzene rings is 3. The van der Waals surface area contributed by atoms with Crippen molar-refractivity contribution in [2.24, 2.45) is 5.41 Å². The van der Waals surface area contributed by atoms with Crippen molar-refractivity contribution in [3.05, 3.63) is 83.9 Å². The zero-order valence-corrected chi connectivity index (χ0v) is 38.8. The molecule has 3 unspecified atom stereocenters. The number of nitrogens with one attached hydrogen (secondary N) is 1. The number of phenols is 1.